The maximum atomic E-state index is 12.0. The summed E-state index contributed by atoms with van der Waals surface area (Å²) in [7, 11) is 1.46. The molecule has 0 bridgehead atoms. The first-order valence-corrected chi connectivity index (χ1v) is 7.66. The predicted octanol–water partition coefficient (Wildman–Crippen LogP) is 0.0280. The molecule has 1 saturated heterocycles. The second-order valence-electron chi connectivity index (χ2n) is 5.46. The smallest absolute Gasteiger partial charge is 0.317 e. The van der Waals surface area contributed by atoms with Crippen LogP contribution in [0, 0.1) is 6.92 Å². The van der Waals surface area contributed by atoms with Crippen molar-refractivity contribution in [2.45, 2.75) is 32.2 Å². The summed E-state index contributed by atoms with van der Waals surface area (Å²) in [4.78, 5) is 29.8. The van der Waals surface area contributed by atoms with Gasteiger partial charge in [-0.05, 0) is 20.3 Å². The Kier molecular flexibility index (Phi) is 5.91. The summed E-state index contributed by atoms with van der Waals surface area (Å²) in [6.07, 6.45) is 0.636. The SMILES string of the molecule is CCNC(=O)N1CC[C@H](c2nc(C)no2)[C@H](NC(=O)COC)C1. The van der Waals surface area contributed by atoms with E-state index >= 15 is 0 Å². The van der Waals surface area contributed by atoms with Crippen LogP contribution in [-0.4, -0.2) is 66.4 Å². The maximum absolute atomic E-state index is 12.0. The number of likely N-dealkylation sites (tertiary alicyclic amines) is 1. The van der Waals surface area contributed by atoms with Crippen molar-refractivity contribution in [2.75, 3.05) is 33.4 Å². The molecule has 1 fully saturated rings. The maximum Gasteiger partial charge on any atom is 0.317 e. The fraction of sp³-hybridized carbons (Fsp3) is 0.714. The lowest BCUT2D eigenvalue weighted by Gasteiger charge is -2.37. The van der Waals surface area contributed by atoms with E-state index < -0.39 is 0 Å². The van der Waals surface area contributed by atoms with Gasteiger partial charge in [-0.25, -0.2) is 4.79 Å². The van der Waals surface area contributed by atoms with Crippen LogP contribution >= 0.6 is 0 Å². The molecule has 0 saturated carbocycles. The zero-order valence-corrected chi connectivity index (χ0v) is 13.7. The van der Waals surface area contributed by atoms with E-state index in [0.717, 1.165) is 0 Å². The van der Waals surface area contributed by atoms with E-state index in [1.54, 1.807) is 11.8 Å². The van der Waals surface area contributed by atoms with Crippen molar-refractivity contribution in [3.05, 3.63) is 11.7 Å². The first-order valence-electron chi connectivity index (χ1n) is 7.66. The summed E-state index contributed by atoms with van der Waals surface area (Å²) in [6, 6.07) is -0.437. The Hall–Kier alpha value is -2.16. The van der Waals surface area contributed by atoms with Crippen molar-refractivity contribution < 1.29 is 18.8 Å². The largest absolute Gasteiger partial charge is 0.375 e. The standard InChI is InChI=1S/C14H23N5O4/c1-4-15-14(21)19-6-5-10(13-16-9(2)18-23-13)11(7-19)17-12(20)8-22-3/h10-11H,4-8H2,1-3H3,(H,15,21)(H,17,20)/t10-,11+/m0/s1. The van der Waals surface area contributed by atoms with Gasteiger partial charge < -0.3 is 24.8 Å². The van der Waals surface area contributed by atoms with Crippen molar-refractivity contribution in [3.63, 3.8) is 0 Å². The zero-order chi connectivity index (χ0) is 16.8. The van der Waals surface area contributed by atoms with Crippen molar-refractivity contribution in [3.8, 4) is 0 Å². The molecule has 2 atom stereocenters. The Labute approximate surface area is 134 Å². The number of nitrogens with zero attached hydrogens (tertiary/aromatic N) is 3. The second kappa shape index (κ2) is 7.91. The normalized spacial score (nSPS) is 21.1. The number of rotatable bonds is 5. The van der Waals surface area contributed by atoms with Gasteiger partial charge >= 0.3 is 6.03 Å². The quantitative estimate of drug-likeness (QED) is 0.790. The van der Waals surface area contributed by atoms with Crippen LogP contribution in [0.4, 0.5) is 4.79 Å². The number of amides is 3. The number of piperidine rings is 1. The van der Waals surface area contributed by atoms with E-state index in [9.17, 15) is 9.59 Å². The average Bonchev–Trinajstić information content (AvgIpc) is 2.94. The molecule has 1 aliphatic rings. The predicted molar refractivity (Wildman–Crippen MR) is 80.8 cm³/mol. The van der Waals surface area contributed by atoms with Crippen LogP contribution in [-0.2, 0) is 9.53 Å². The summed E-state index contributed by atoms with van der Waals surface area (Å²) >= 11 is 0. The molecule has 2 rings (SSSR count). The number of hydrogen-bond donors (Lipinski definition) is 2. The fourth-order valence-electron chi connectivity index (χ4n) is 2.68. The number of urea groups is 1. The van der Waals surface area contributed by atoms with E-state index in [2.05, 4.69) is 20.8 Å². The summed E-state index contributed by atoms with van der Waals surface area (Å²) in [6.45, 7) is 5.08. The van der Waals surface area contributed by atoms with Crippen LogP contribution in [0.5, 0.6) is 0 Å². The Bertz CT molecular complexity index is 547. The van der Waals surface area contributed by atoms with E-state index in [4.69, 9.17) is 9.26 Å². The van der Waals surface area contributed by atoms with Crippen molar-refractivity contribution >= 4 is 11.9 Å². The summed E-state index contributed by atoms with van der Waals surface area (Å²) in [5, 5.41) is 9.47. The van der Waals surface area contributed by atoms with Crippen LogP contribution < -0.4 is 10.6 Å². The van der Waals surface area contributed by atoms with Crippen LogP contribution in [0.3, 0.4) is 0 Å². The number of carbonyl (C=O) groups is 2. The van der Waals surface area contributed by atoms with E-state index in [-0.39, 0.29) is 30.5 Å². The molecule has 1 aliphatic heterocycles. The van der Waals surface area contributed by atoms with Gasteiger partial charge in [-0.15, -0.1) is 0 Å². The van der Waals surface area contributed by atoms with Gasteiger partial charge in [0.05, 0.1) is 12.0 Å². The number of ether oxygens (including phenoxy) is 1. The average molecular weight is 325 g/mol. The third kappa shape index (κ3) is 4.41. The molecule has 0 aliphatic carbocycles. The molecule has 128 valence electrons. The topological polar surface area (TPSA) is 110 Å². The highest BCUT2D eigenvalue weighted by Gasteiger charge is 2.36. The molecule has 2 N–H and O–H groups in total. The molecule has 23 heavy (non-hydrogen) atoms. The molecule has 1 aromatic rings. The van der Waals surface area contributed by atoms with Gasteiger partial charge in [-0.1, -0.05) is 5.16 Å². The number of carbonyl (C=O) groups excluding carboxylic acids is 2. The Balaban J connectivity index is 2.11. The third-order valence-corrected chi connectivity index (χ3v) is 3.71. The summed E-state index contributed by atoms with van der Waals surface area (Å²) < 4.78 is 10.1. The lowest BCUT2D eigenvalue weighted by Crippen LogP contribution is -2.55. The number of nitrogens with one attached hydrogen (secondary N) is 2. The van der Waals surface area contributed by atoms with E-state index in [0.29, 0.717) is 37.8 Å². The van der Waals surface area contributed by atoms with Crippen LogP contribution in [0.1, 0.15) is 31.0 Å². The van der Waals surface area contributed by atoms with Gasteiger partial charge in [-0.2, -0.15) is 4.98 Å². The minimum absolute atomic E-state index is 0.0345. The molecule has 0 spiro atoms. The first-order chi connectivity index (χ1) is 11.0. The molecular formula is C14H23N5O4. The van der Waals surface area contributed by atoms with Crippen molar-refractivity contribution in [1.82, 2.24) is 25.7 Å². The highest BCUT2D eigenvalue weighted by atomic mass is 16.5. The van der Waals surface area contributed by atoms with E-state index in [1.807, 2.05) is 6.92 Å². The molecule has 9 nitrogen and oxygen atoms in total. The number of aryl methyl sites for hydroxylation is 1. The highest BCUT2D eigenvalue weighted by molar-refractivity contribution is 5.78. The van der Waals surface area contributed by atoms with Gasteiger partial charge in [0.25, 0.3) is 0 Å². The number of aromatic nitrogens is 2. The molecule has 3 amide bonds. The molecule has 0 radical (unpaired) electrons. The minimum atomic E-state index is -0.297. The molecule has 1 aromatic heterocycles. The van der Waals surface area contributed by atoms with Crippen LogP contribution in [0.15, 0.2) is 4.52 Å². The first kappa shape index (κ1) is 17.2. The van der Waals surface area contributed by atoms with Gasteiger partial charge in [-0.3, -0.25) is 4.79 Å². The zero-order valence-electron chi connectivity index (χ0n) is 13.7. The van der Waals surface area contributed by atoms with Crippen molar-refractivity contribution in [1.29, 1.82) is 0 Å². The summed E-state index contributed by atoms with van der Waals surface area (Å²) in [5.41, 5.74) is 0. The fourth-order valence-corrected chi connectivity index (χ4v) is 2.68. The van der Waals surface area contributed by atoms with Gasteiger partial charge in [0.1, 0.15) is 6.61 Å². The Morgan fingerprint density at radius 1 is 1.48 bits per heavy atom. The lowest BCUT2D eigenvalue weighted by molar-refractivity contribution is -0.126. The number of hydrogen-bond acceptors (Lipinski definition) is 6. The van der Waals surface area contributed by atoms with E-state index in [1.165, 1.54) is 7.11 Å². The van der Waals surface area contributed by atoms with Gasteiger partial charge in [0.2, 0.25) is 11.8 Å². The monoisotopic (exact) mass is 325 g/mol. The van der Waals surface area contributed by atoms with Crippen molar-refractivity contribution in [2.24, 2.45) is 0 Å². The summed E-state index contributed by atoms with van der Waals surface area (Å²) in [5.74, 6) is 0.674. The Morgan fingerprint density at radius 3 is 2.87 bits per heavy atom. The molecule has 9 heteroatoms. The van der Waals surface area contributed by atoms with Gasteiger partial charge in [0.15, 0.2) is 5.82 Å². The lowest BCUT2D eigenvalue weighted by atomic mass is 9.91. The van der Waals surface area contributed by atoms with Crippen LogP contribution in [0.2, 0.25) is 0 Å². The third-order valence-electron chi connectivity index (χ3n) is 3.71. The Morgan fingerprint density at radius 2 is 2.26 bits per heavy atom. The second-order valence-corrected chi connectivity index (χ2v) is 5.46. The molecule has 0 aromatic carbocycles. The molecular weight excluding hydrogens is 302 g/mol. The van der Waals surface area contributed by atoms with Crippen LogP contribution in [0.25, 0.3) is 0 Å². The highest BCUT2D eigenvalue weighted by Crippen LogP contribution is 2.27. The number of methoxy groups -OCH3 is 1. The van der Waals surface area contributed by atoms with Gasteiger partial charge in [0, 0.05) is 26.7 Å². The minimum Gasteiger partial charge on any atom is -0.375 e. The molecule has 0 unspecified atom stereocenters. The molecule has 2 heterocycles.